The zero-order valence-corrected chi connectivity index (χ0v) is 43.3. The number of nitrogens with two attached hydrogens (primary N) is 1. The number of hydrogen-bond acceptors (Lipinski definition) is 8. The number of unbranched alkanes of at least 4 members (excludes halogenated alkanes) is 3. The van der Waals surface area contributed by atoms with Crippen LogP contribution in [0, 0.1) is 0 Å². The summed E-state index contributed by atoms with van der Waals surface area (Å²) in [6.45, 7) is 42.0. The van der Waals surface area contributed by atoms with E-state index in [1.165, 1.54) is 51.8 Å². The fourth-order valence-corrected chi connectivity index (χ4v) is 25.0. The zero-order valence-electron chi connectivity index (χ0n) is 37.5. The van der Waals surface area contributed by atoms with Gasteiger partial charge in [-0.3, -0.25) is 0 Å². The standard InChI is InChI=1S/C28H54N5O4Si3.3C4H9.Sn/c1-26(2,3)38(10,11)34-16-19-21(36-39(12,13)27(4,5)6)22(37-40(14,15)28(7,8)9)25(35-19)33-18-32-20-23(29)30-17-31-24(20)33;3*1-3-4-2;/h18-19,21-22,25H,16H2,1-15H3,(H2,29,30,31);3*1,3-4H2,2H3;/t19-,21-,22-,25-;;;;/m1..../s1. The Morgan fingerprint density at radius 3 is 1.60 bits per heavy atom. The molecule has 4 atom stereocenters. The Balaban J connectivity index is 2.31. The molecule has 3 heterocycles. The van der Waals surface area contributed by atoms with E-state index >= 15 is 0 Å². The molecule has 1 saturated heterocycles. The van der Waals surface area contributed by atoms with Gasteiger partial charge in [-0.25, -0.2) is 0 Å². The van der Waals surface area contributed by atoms with Gasteiger partial charge in [-0.05, 0) is 0 Å². The van der Waals surface area contributed by atoms with Gasteiger partial charge in [0.15, 0.2) is 0 Å². The van der Waals surface area contributed by atoms with Gasteiger partial charge in [-0.2, -0.15) is 0 Å². The second kappa shape index (κ2) is 17.6. The number of hydrogen-bond donors (Lipinski definition) is 1. The Hall–Kier alpha value is -0.361. The van der Waals surface area contributed by atoms with E-state index in [1.807, 2.05) is 6.33 Å². The van der Waals surface area contributed by atoms with Crippen molar-refractivity contribution < 1.29 is 18.0 Å². The summed E-state index contributed by atoms with van der Waals surface area (Å²) >= 11 is -3.06. The summed E-state index contributed by atoms with van der Waals surface area (Å²) < 4.78 is 36.1. The number of fused-ring (bicyclic) bond motifs is 1. The molecule has 0 radical (unpaired) electrons. The molecule has 0 aromatic carbocycles. The summed E-state index contributed by atoms with van der Waals surface area (Å²) in [4.78, 5) is 15.6. The molecule has 1 aliphatic rings. The molecule has 13 heteroatoms. The average Bonchev–Trinajstić information content (AvgIpc) is 3.59. The molecule has 306 valence electrons. The minimum absolute atomic E-state index is 0.00151. The average molecular weight is 899 g/mol. The molecule has 2 aromatic heterocycles. The summed E-state index contributed by atoms with van der Waals surface area (Å²) in [6, 6.07) is 0. The molecule has 0 unspecified atom stereocenters. The third kappa shape index (κ3) is 10.8. The van der Waals surface area contributed by atoms with Crippen molar-refractivity contribution in [1.82, 2.24) is 19.5 Å². The summed E-state index contributed by atoms with van der Waals surface area (Å²) in [7, 11) is -6.72. The van der Waals surface area contributed by atoms with Gasteiger partial charge < -0.3 is 0 Å². The first-order chi connectivity index (χ1) is 24.2. The molecular formula is C40H81N5O4Si3Sn. The van der Waals surface area contributed by atoms with Crippen molar-refractivity contribution in [3.05, 3.63) is 6.33 Å². The molecule has 1 fully saturated rings. The van der Waals surface area contributed by atoms with E-state index < -0.39 is 49.6 Å². The van der Waals surface area contributed by atoms with Gasteiger partial charge in [0.1, 0.15) is 0 Å². The van der Waals surface area contributed by atoms with Crippen LogP contribution in [0.1, 0.15) is 128 Å². The van der Waals surface area contributed by atoms with E-state index in [-0.39, 0.29) is 33.4 Å². The van der Waals surface area contributed by atoms with Gasteiger partial charge >= 0.3 is 334 Å². The van der Waals surface area contributed by atoms with Crippen LogP contribution in [-0.4, -0.2) is 87.8 Å². The van der Waals surface area contributed by atoms with Crippen LogP contribution in [0.3, 0.4) is 0 Å². The van der Waals surface area contributed by atoms with Gasteiger partial charge in [0.25, 0.3) is 0 Å². The van der Waals surface area contributed by atoms with E-state index in [2.05, 4.69) is 127 Å². The van der Waals surface area contributed by atoms with E-state index in [9.17, 15) is 0 Å². The van der Waals surface area contributed by atoms with Gasteiger partial charge in [0, 0.05) is 0 Å². The van der Waals surface area contributed by atoms with E-state index in [4.69, 9.17) is 38.7 Å². The van der Waals surface area contributed by atoms with Gasteiger partial charge in [-0.1, -0.05) is 0 Å². The zero-order chi connectivity index (χ0) is 40.4. The van der Waals surface area contributed by atoms with Gasteiger partial charge in [0.2, 0.25) is 0 Å². The second-order valence-electron chi connectivity index (χ2n) is 20.7. The van der Waals surface area contributed by atoms with Crippen LogP contribution in [0.5, 0.6) is 0 Å². The second-order valence-corrected chi connectivity index (χ2v) is 47.9. The predicted octanol–water partition coefficient (Wildman–Crippen LogP) is 11.2. The van der Waals surface area contributed by atoms with Crippen molar-refractivity contribution in [2.24, 2.45) is 0 Å². The SMILES string of the molecule is CCC[CH2][Sn]([CH2]CCC)([CH2]CCC)[c]1nc(N)c2ncn([C@@H]3O[C@H](CO[Si](C)(C)C(C)(C)C)[C@@H](O[Si](C)(C)C(C)(C)C)[C@H]3O[Si](C)(C)C(C)(C)C)c2n1. The van der Waals surface area contributed by atoms with Gasteiger partial charge in [0.05, 0.1) is 0 Å². The van der Waals surface area contributed by atoms with Gasteiger partial charge in [-0.15, -0.1) is 0 Å². The van der Waals surface area contributed by atoms with Crippen LogP contribution in [0.25, 0.3) is 11.2 Å². The maximum absolute atomic E-state index is 7.49. The molecule has 0 amide bonds. The van der Waals surface area contributed by atoms with Crippen LogP contribution in [-0.2, 0) is 18.0 Å². The third-order valence-electron chi connectivity index (χ3n) is 13.4. The van der Waals surface area contributed by atoms with E-state index in [0.717, 1.165) is 9.49 Å². The van der Waals surface area contributed by atoms with Crippen LogP contribution in [0.4, 0.5) is 5.82 Å². The molecule has 0 saturated carbocycles. The Morgan fingerprint density at radius 1 is 0.717 bits per heavy atom. The fourth-order valence-electron chi connectivity index (χ4n) is 6.49. The van der Waals surface area contributed by atoms with E-state index in [0.29, 0.717) is 17.9 Å². The Kier molecular flexibility index (Phi) is 15.6. The van der Waals surface area contributed by atoms with Crippen LogP contribution in [0.15, 0.2) is 6.33 Å². The molecule has 0 bridgehead atoms. The number of ether oxygens (including phenoxy) is 1. The molecule has 2 aromatic rings. The number of nitrogens with zero attached hydrogens (tertiary/aromatic N) is 4. The summed E-state index contributed by atoms with van der Waals surface area (Å²) in [5.41, 5.74) is 8.29. The molecule has 53 heavy (non-hydrogen) atoms. The first-order valence-electron chi connectivity index (χ1n) is 20.8. The Labute approximate surface area is 332 Å². The van der Waals surface area contributed by atoms with Crippen LogP contribution < -0.4 is 9.57 Å². The molecule has 0 aliphatic carbocycles. The fraction of sp³-hybridized carbons (Fsp3) is 0.875. The molecule has 2 N–H and O–H groups in total. The normalized spacial score (nSPS) is 21.2. The molecule has 1 aliphatic heterocycles. The third-order valence-corrected chi connectivity index (χ3v) is 41.4. The first kappa shape index (κ1) is 47.0. The van der Waals surface area contributed by atoms with Crippen molar-refractivity contribution in [3.8, 4) is 0 Å². The van der Waals surface area contributed by atoms with Crippen molar-refractivity contribution in [3.63, 3.8) is 0 Å². The van der Waals surface area contributed by atoms with Crippen LogP contribution in [0.2, 0.25) is 67.7 Å². The quantitative estimate of drug-likeness (QED) is 0.147. The number of anilines is 1. The first-order valence-corrected chi connectivity index (χ1v) is 37.0. The van der Waals surface area contributed by atoms with Crippen molar-refractivity contribution >= 4 is 64.2 Å². The molecule has 9 nitrogen and oxygen atoms in total. The maximum atomic E-state index is 7.49. The summed E-state index contributed by atoms with van der Waals surface area (Å²) in [5, 5.41) is 0.0495. The minimum atomic E-state index is -3.06. The molecule has 0 spiro atoms. The topological polar surface area (TPSA) is 107 Å². The monoisotopic (exact) mass is 899 g/mol. The molecular weight excluding hydrogens is 817 g/mol. The molecule has 3 rings (SSSR count). The summed E-state index contributed by atoms with van der Waals surface area (Å²) in [5.74, 6) is 0.487. The number of rotatable bonds is 18. The Morgan fingerprint density at radius 2 is 1.17 bits per heavy atom. The number of imidazole rings is 1. The van der Waals surface area contributed by atoms with E-state index in [1.54, 1.807) is 0 Å². The Bertz CT molecular complexity index is 1460. The van der Waals surface area contributed by atoms with Crippen molar-refractivity contribution in [2.75, 3.05) is 12.3 Å². The number of aromatic nitrogens is 4. The van der Waals surface area contributed by atoms with Crippen LogP contribution >= 0.6 is 0 Å². The van der Waals surface area contributed by atoms with Crippen molar-refractivity contribution in [1.29, 1.82) is 0 Å². The number of nitrogen functional groups attached to an aromatic ring is 1. The summed E-state index contributed by atoms with van der Waals surface area (Å²) in [6.07, 6.45) is 7.54. The van der Waals surface area contributed by atoms with Crippen molar-refractivity contribution in [2.45, 2.75) is 214 Å². The predicted molar refractivity (Wildman–Crippen MR) is 235 cm³/mol.